The lowest BCUT2D eigenvalue weighted by atomic mass is 10.1. The van der Waals surface area contributed by atoms with Crippen LogP contribution in [0, 0.1) is 5.92 Å². The van der Waals surface area contributed by atoms with Crippen LogP contribution in [0.25, 0.3) is 0 Å². The standard InChI is InChI=1S/C17H26N4O2/c1-13(2)11-21-15(12-20-6-4-5-14(20)17(21)23)16(22)19-9-7-18(3)8-10-19/h4-6,13,15H,7-12H2,1-3H3. The first-order chi connectivity index (χ1) is 11.0. The smallest absolute Gasteiger partial charge is 0.271 e. The van der Waals surface area contributed by atoms with Crippen LogP contribution in [-0.2, 0) is 11.3 Å². The number of aromatic nitrogens is 1. The minimum Gasteiger partial charge on any atom is -0.341 e. The Balaban J connectivity index is 1.83. The predicted octanol–water partition coefficient (Wildman–Crippen LogP) is 0.743. The van der Waals surface area contributed by atoms with Gasteiger partial charge in [-0.25, -0.2) is 0 Å². The van der Waals surface area contributed by atoms with Crippen LogP contribution in [0.4, 0.5) is 0 Å². The van der Waals surface area contributed by atoms with Crippen LogP contribution in [0.15, 0.2) is 18.3 Å². The zero-order chi connectivity index (χ0) is 16.6. The largest absolute Gasteiger partial charge is 0.341 e. The fourth-order valence-electron chi connectivity index (χ4n) is 3.39. The normalized spacial score (nSPS) is 22.6. The molecule has 0 saturated carbocycles. The van der Waals surface area contributed by atoms with E-state index in [-0.39, 0.29) is 17.9 Å². The van der Waals surface area contributed by atoms with Gasteiger partial charge in [-0.05, 0) is 25.1 Å². The van der Waals surface area contributed by atoms with Crippen LogP contribution in [0.3, 0.4) is 0 Å². The molecule has 3 heterocycles. The van der Waals surface area contributed by atoms with Crippen molar-refractivity contribution >= 4 is 11.8 Å². The number of amides is 2. The molecule has 1 aromatic rings. The minimum atomic E-state index is -0.381. The van der Waals surface area contributed by atoms with E-state index < -0.39 is 0 Å². The number of likely N-dealkylation sites (N-methyl/N-ethyl adjacent to an activating group) is 1. The molecule has 2 aliphatic heterocycles. The Morgan fingerprint density at radius 2 is 1.96 bits per heavy atom. The van der Waals surface area contributed by atoms with Crippen molar-refractivity contribution in [2.24, 2.45) is 5.92 Å². The summed E-state index contributed by atoms with van der Waals surface area (Å²) >= 11 is 0. The van der Waals surface area contributed by atoms with E-state index in [9.17, 15) is 9.59 Å². The molecule has 0 aromatic carbocycles. The van der Waals surface area contributed by atoms with Crippen molar-refractivity contribution in [2.45, 2.75) is 26.4 Å². The average molecular weight is 318 g/mol. The maximum absolute atomic E-state index is 13.0. The number of hydrogen-bond donors (Lipinski definition) is 0. The van der Waals surface area contributed by atoms with Crippen molar-refractivity contribution in [3.8, 4) is 0 Å². The van der Waals surface area contributed by atoms with Gasteiger partial charge in [0, 0.05) is 38.9 Å². The summed E-state index contributed by atoms with van der Waals surface area (Å²) < 4.78 is 1.91. The van der Waals surface area contributed by atoms with Crippen molar-refractivity contribution in [3.05, 3.63) is 24.0 Å². The second-order valence-corrected chi connectivity index (χ2v) is 7.04. The SMILES string of the molecule is CC(C)CN1C(=O)c2cccn2CC1C(=O)N1CCN(C)CC1. The van der Waals surface area contributed by atoms with Crippen LogP contribution in [0.5, 0.6) is 0 Å². The fraction of sp³-hybridized carbons (Fsp3) is 0.647. The third-order valence-corrected chi connectivity index (χ3v) is 4.72. The van der Waals surface area contributed by atoms with E-state index >= 15 is 0 Å². The fourth-order valence-corrected chi connectivity index (χ4v) is 3.39. The molecule has 0 N–H and O–H groups in total. The second kappa shape index (κ2) is 6.35. The van der Waals surface area contributed by atoms with E-state index in [0.29, 0.717) is 24.7 Å². The molecule has 6 heteroatoms. The second-order valence-electron chi connectivity index (χ2n) is 7.04. The van der Waals surface area contributed by atoms with Crippen molar-refractivity contribution < 1.29 is 9.59 Å². The summed E-state index contributed by atoms with van der Waals surface area (Å²) in [5.74, 6) is 0.400. The molecule has 0 bridgehead atoms. The molecule has 2 aliphatic rings. The predicted molar refractivity (Wildman–Crippen MR) is 88.2 cm³/mol. The molecule has 0 radical (unpaired) electrons. The highest BCUT2D eigenvalue weighted by atomic mass is 16.2. The zero-order valence-electron chi connectivity index (χ0n) is 14.2. The minimum absolute atomic E-state index is 0.0255. The van der Waals surface area contributed by atoms with Gasteiger partial charge in [0.2, 0.25) is 5.91 Å². The van der Waals surface area contributed by atoms with Gasteiger partial charge >= 0.3 is 0 Å². The molecule has 1 saturated heterocycles. The Kier molecular flexibility index (Phi) is 4.43. The van der Waals surface area contributed by atoms with Crippen LogP contribution >= 0.6 is 0 Å². The van der Waals surface area contributed by atoms with Gasteiger partial charge in [0.25, 0.3) is 5.91 Å². The lowest BCUT2D eigenvalue weighted by Gasteiger charge is -2.41. The first-order valence-corrected chi connectivity index (χ1v) is 8.41. The van der Waals surface area contributed by atoms with Crippen molar-refractivity contribution in [2.75, 3.05) is 39.8 Å². The summed E-state index contributed by atoms with van der Waals surface area (Å²) in [6.07, 6.45) is 1.89. The summed E-state index contributed by atoms with van der Waals surface area (Å²) in [7, 11) is 2.07. The number of nitrogens with zero attached hydrogens (tertiary/aromatic N) is 4. The number of carbonyl (C=O) groups is 2. The first-order valence-electron chi connectivity index (χ1n) is 8.41. The Morgan fingerprint density at radius 1 is 1.26 bits per heavy atom. The van der Waals surface area contributed by atoms with Gasteiger partial charge in [-0.2, -0.15) is 0 Å². The summed E-state index contributed by atoms with van der Waals surface area (Å²) in [6.45, 7) is 8.62. The molecule has 1 unspecified atom stereocenters. The Morgan fingerprint density at radius 3 is 2.61 bits per heavy atom. The summed E-state index contributed by atoms with van der Waals surface area (Å²) in [5, 5.41) is 0. The van der Waals surface area contributed by atoms with E-state index in [1.165, 1.54) is 0 Å². The van der Waals surface area contributed by atoms with E-state index in [0.717, 1.165) is 26.2 Å². The lowest BCUT2D eigenvalue weighted by molar-refractivity contribution is -0.138. The van der Waals surface area contributed by atoms with Crippen molar-refractivity contribution in [3.63, 3.8) is 0 Å². The molecule has 126 valence electrons. The Hall–Kier alpha value is -1.82. The maximum Gasteiger partial charge on any atom is 0.271 e. The van der Waals surface area contributed by atoms with E-state index in [1.54, 1.807) is 4.90 Å². The number of hydrogen-bond acceptors (Lipinski definition) is 3. The maximum atomic E-state index is 13.0. The average Bonchev–Trinajstić information content (AvgIpc) is 2.98. The van der Waals surface area contributed by atoms with Crippen LogP contribution in [0.1, 0.15) is 24.3 Å². The lowest BCUT2D eigenvalue weighted by Crippen LogP contribution is -2.59. The van der Waals surface area contributed by atoms with E-state index in [4.69, 9.17) is 0 Å². The van der Waals surface area contributed by atoms with Gasteiger partial charge in [-0.1, -0.05) is 13.8 Å². The summed E-state index contributed by atoms with van der Waals surface area (Å²) in [4.78, 5) is 31.7. The van der Waals surface area contributed by atoms with Crippen molar-refractivity contribution in [1.82, 2.24) is 19.3 Å². The molecule has 0 aliphatic carbocycles. The molecule has 2 amide bonds. The van der Waals surface area contributed by atoms with Gasteiger partial charge in [0.05, 0.1) is 6.54 Å². The molecule has 1 aromatic heterocycles. The highest BCUT2D eigenvalue weighted by Crippen LogP contribution is 2.21. The third kappa shape index (κ3) is 3.13. The highest BCUT2D eigenvalue weighted by Gasteiger charge is 2.39. The van der Waals surface area contributed by atoms with Crippen LogP contribution in [0.2, 0.25) is 0 Å². The number of rotatable bonds is 3. The quantitative estimate of drug-likeness (QED) is 0.826. The van der Waals surface area contributed by atoms with Crippen molar-refractivity contribution in [1.29, 1.82) is 0 Å². The zero-order valence-corrected chi connectivity index (χ0v) is 14.2. The molecule has 3 rings (SSSR count). The number of fused-ring (bicyclic) bond motifs is 1. The molecular formula is C17H26N4O2. The molecular weight excluding hydrogens is 292 g/mol. The van der Waals surface area contributed by atoms with E-state index in [1.807, 2.05) is 27.8 Å². The monoisotopic (exact) mass is 318 g/mol. The van der Waals surface area contributed by atoms with Gasteiger partial charge in [0.1, 0.15) is 11.7 Å². The number of carbonyl (C=O) groups excluding carboxylic acids is 2. The highest BCUT2D eigenvalue weighted by molar-refractivity contribution is 5.97. The molecule has 6 nitrogen and oxygen atoms in total. The molecule has 1 atom stereocenters. The number of piperazine rings is 1. The molecule has 0 spiro atoms. The third-order valence-electron chi connectivity index (χ3n) is 4.72. The topological polar surface area (TPSA) is 48.8 Å². The van der Waals surface area contributed by atoms with E-state index in [2.05, 4.69) is 25.8 Å². The van der Waals surface area contributed by atoms with Gasteiger partial charge in [0.15, 0.2) is 0 Å². The Labute approximate surface area is 137 Å². The summed E-state index contributed by atoms with van der Waals surface area (Å²) in [5.41, 5.74) is 0.688. The van der Waals surface area contributed by atoms with Gasteiger partial charge < -0.3 is 19.3 Å². The van der Waals surface area contributed by atoms with Gasteiger partial charge in [-0.15, -0.1) is 0 Å². The summed E-state index contributed by atoms with van der Waals surface area (Å²) in [6, 6.07) is 3.34. The Bertz CT molecular complexity index is 587. The first kappa shape index (κ1) is 16.1. The van der Waals surface area contributed by atoms with Crippen LogP contribution < -0.4 is 0 Å². The molecule has 23 heavy (non-hydrogen) atoms. The van der Waals surface area contributed by atoms with Crippen LogP contribution in [-0.4, -0.2) is 76.9 Å². The van der Waals surface area contributed by atoms with Gasteiger partial charge in [-0.3, -0.25) is 9.59 Å². The molecule has 1 fully saturated rings.